The highest BCUT2D eigenvalue weighted by atomic mass is 31.2. The number of hydrogen-bond donors (Lipinski definition) is 2. The van der Waals surface area contributed by atoms with Crippen LogP contribution < -0.4 is 11.2 Å². The molecular weight excluding hydrogens is 471 g/mol. The maximum atomic E-state index is 13.3. The third-order valence-electron chi connectivity index (χ3n) is 5.28. The molecule has 2 saturated heterocycles. The van der Waals surface area contributed by atoms with Crippen LogP contribution in [-0.2, 0) is 32.6 Å². The Kier molecular flexibility index (Phi) is 9.20. The SMILES string of the molecule is COCCCOP(=O)(CCCC#N)OC[C@H]1O[C@@H](n2ccc(NO)nc2=O)C2OC(C)(C)OC21. The van der Waals surface area contributed by atoms with Gasteiger partial charge in [-0.05, 0) is 32.8 Å². The Bertz CT molecular complexity index is 966. The summed E-state index contributed by atoms with van der Waals surface area (Å²) in [6.07, 6.45) is -0.244. The van der Waals surface area contributed by atoms with Crippen molar-refractivity contribution in [2.45, 2.75) is 63.4 Å². The van der Waals surface area contributed by atoms with E-state index in [9.17, 15) is 9.36 Å². The maximum absolute atomic E-state index is 13.3. The van der Waals surface area contributed by atoms with Gasteiger partial charge in [0.25, 0.3) is 0 Å². The lowest BCUT2D eigenvalue weighted by molar-refractivity contribution is -0.200. The molecule has 3 rings (SSSR count). The number of hydrogen-bond acceptors (Lipinski definition) is 12. The molecule has 2 fully saturated rings. The minimum atomic E-state index is -3.52. The van der Waals surface area contributed by atoms with Gasteiger partial charge < -0.3 is 28.0 Å². The van der Waals surface area contributed by atoms with Gasteiger partial charge in [-0.1, -0.05) is 0 Å². The average molecular weight is 502 g/mol. The van der Waals surface area contributed by atoms with Gasteiger partial charge in [-0.2, -0.15) is 10.2 Å². The number of aromatic nitrogens is 2. The number of fused-ring (bicyclic) bond motifs is 1. The van der Waals surface area contributed by atoms with Gasteiger partial charge in [0.05, 0.1) is 25.4 Å². The first-order chi connectivity index (χ1) is 16.2. The van der Waals surface area contributed by atoms with Crippen molar-refractivity contribution < 1.29 is 37.8 Å². The zero-order chi connectivity index (χ0) is 24.8. The number of nitrogens with one attached hydrogen (secondary N) is 1. The highest BCUT2D eigenvalue weighted by Crippen LogP contribution is 2.51. The molecule has 0 saturated carbocycles. The van der Waals surface area contributed by atoms with E-state index in [2.05, 4.69) is 4.98 Å². The lowest BCUT2D eigenvalue weighted by atomic mass is 10.1. The van der Waals surface area contributed by atoms with Gasteiger partial charge in [-0.25, -0.2) is 4.79 Å². The molecule has 0 spiro atoms. The van der Waals surface area contributed by atoms with Crippen LogP contribution in [0.5, 0.6) is 0 Å². The molecule has 1 aromatic heterocycles. The van der Waals surface area contributed by atoms with Crippen molar-refractivity contribution in [3.63, 3.8) is 0 Å². The van der Waals surface area contributed by atoms with E-state index in [1.807, 2.05) is 11.5 Å². The summed E-state index contributed by atoms with van der Waals surface area (Å²) in [6, 6.07) is 3.42. The van der Waals surface area contributed by atoms with Crippen molar-refractivity contribution in [2.75, 3.05) is 38.6 Å². The van der Waals surface area contributed by atoms with E-state index in [1.54, 1.807) is 21.0 Å². The van der Waals surface area contributed by atoms with Crippen LogP contribution in [0, 0.1) is 11.3 Å². The van der Waals surface area contributed by atoms with Crippen molar-refractivity contribution in [3.8, 4) is 6.07 Å². The molecule has 34 heavy (non-hydrogen) atoms. The van der Waals surface area contributed by atoms with Gasteiger partial charge in [-0.15, -0.1) is 0 Å². The zero-order valence-corrected chi connectivity index (χ0v) is 20.3. The van der Waals surface area contributed by atoms with Crippen LogP contribution in [0.4, 0.5) is 5.82 Å². The molecule has 0 bridgehead atoms. The second kappa shape index (κ2) is 11.7. The third kappa shape index (κ3) is 6.62. The second-order valence-corrected chi connectivity index (χ2v) is 10.5. The summed E-state index contributed by atoms with van der Waals surface area (Å²) in [7, 11) is -1.96. The fourth-order valence-electron chi connectivity index (χ4n) is 3.80. The molecule has 14 heteroatoms. The molecular formula is C20H31N4O9P. The number of anilines is 1. The topological polar surface area (TPSA) is 163 Å². The minimum Gasteiger partial charge on any atom is -0.385 e. The van der Waals surface area contributed by atoms with Crippen LogP contribution in [0.1, 0.15) is 39.3 Å². The first kappa shape index (κ1) is 26.7. The standard InChI is InChI=1S/C20H31N4O9P/c1-20(2)32-16-14(13-30-34(27,12-5-4-8-21)29-11-6-10-28-3)31-18(17(16)33-20)24-9-7-15(23-26)22-19(24)25/h7,9,14,16-18,26H,4-6,10-13H2,1-3H3,(H,22,23,25)/t14-,16?,17?,18-,34?/m1/s1. The Morgan fingerprint density at radius 1 is 1.29 bits per heavy atom. The van der Waals surface area contributed by atoms with Crippen molar-refractivity contribution in [3.05, 3.63) is 22.7 Å². The zero-order valence-electron chi connectivity index (χ0n) is 19.4. The Balaban J connectivity index is 1.74. The monoisotopic (exact) mass is 502 g/mol. The third-order valence-corrected chi connectivity index (χ3v) is 7.26. The van der Waals surface area contributed by atoms with Crippen LogP contribution in [0.25, 0.3) is 0 Å². The number of unbranched alkanes of at least 4 members (excludes halogenated alkanes) is 1. The van der Waals surface area contributed by atoms with Crippen LogP contribution in [0.15, 0.2) is 17.1 Å². The number of nitriles is 1. The fraction of sp³-hybridized carbons (Fsp3) is 0.750. The molecule has 3 heterocycles. The predicted octanol–water partition coefficient (Wildman–Crippen LogP) is 2.03. The van der Waals surface area contributed by atoms with Crippen molar-refractivity contribution >= 4 is 13.4 Å². The first-order valence-corrected chi connectivity index (χ1v) is 12.7. The van der Waals surface area contributed by atoms with Crippen LogP contribution in [0.2, 0.25) is 0 Å². The van der Waals surface area contributed by atoms with Crippen LogP contribution >= 0.6 is 7.60 Å². The number of methoxy groups -OCH3 is 1. The molecule has 190 valence electrons. The van der Waals surface area contributed by atoms with Gasteiger partial charge >= 0.3 is 13.3 Å². The van der Waals surface area contributed by atoms with Gasteiger partial charge in [0, 0.05) is 26.3 Å². The summed E-state index contributed by atoms with van der Waals surface area (Å²) in [4.78, 5) is 16.2. The van der Waals surface area contributed by atoms with Crippen LogP contribution in [-0.4, -0.2) is 71.9 Å². The van der Waals surface area contributed by atoms with Crippen molar-refractivity contribution in [1.29, 1.82) is 5.26 Å². The molecule has 0 radical (unpaired) electrons. The van der Waals surface area contributed by atoms with Gasteiger partial charge in [-0.3, -0.25) is 19.8 Å². The Labute approximate surface area is 197 Å². The van der Waals surface area contributed by atoms with E-state index in [0.717, 1.165) is 0 Å². The summed E-state index contributed by atoms with van der Waals surface area (Å²) in [5.41, 5.74) is 1.16. The normalized spacial score (nSPS) is 27.1. The van der Waals surface area contributed by atoms with E-state index >= 15 is 0 Å². The number of rotatable bonds is 13. The van der Waals surface area contributed by atoms with Crippen LogP contribution in [0.3, 0.4) is 0 Å². The fourth-order valence-corrected chi connectivity index (χ4v) is 5.46. The lowest BCUT2D eigenvalue weighted by Crippen LogP contribution is -2.34. The Hall–Kier alpha value is -1.88. The summed E-state index contributed by atoms with van der Waals surface area (Å²) < 4.78 is 48.8. The molecule has 5 atom stereocenters. The maximum Gasteiger partial charge on any atom is 0.351 e. The summed E-state index contributed by atoms with van der Waals surface area (Å²) in [6.45, 7) is 3.97. The van der Waals surface area contributed by atoms with Gasteiger partial charge in [0.1, 0.15) is 18.3 Å². The molecule has 2 aliphatic rings. The number of nitrogens with zero attached hydrogens (tertiary/aromatic N) is 3. The smallest absolute Gasteiger partial charge is 0.351 e. The second-order valence-electron chi connectivity index (χ2n) is 8.32. The highest BCUT2D eigenvalue weighted by Gasteiger charge is 2.56. The molecule has 2 aliphatic heterocycles. The van der Waals surface area contributed by atoms with Crippen molar-refractivity contribution in [2.24, 2.45) is 0 Å². The number of ether oxygens (including phenoxy) is 4. The molecule has 3 unspecified atom stereocenters. The van der Waals surface area contributed by atoms with Gasteiger partial charge in [0.15, 0.2) is 17.8 Å². The molecule has 0 aromatic carbocycles. The summed E-state index contributed by atoms with van der Waals surface area (Å²) in [5, 5.41) is 17.8. The molecule has 13 nitrogen and oxygen atoms in total. The predicted molar refractivity (Wildman–Crippen MR) is 117 cm³/mol. The molecule has 2 N–H and O–H groups in total. The first-order valence-electron chi connectivity index (χ1n) is 11.0. The lowest BCUT2D eigenvalue weighted by Gasteiger charge is -2.26. The van der Waals surface area contributed by atoms with E-state index in [1.165, 1.54) is 16.8 Å². The molecule has 0 aliphatic carbocycles. The quantitative estimate of drug-likeness (QED) is 0.229. The Morgan fingerprint density at radius 3 is 2.74 bits per heavy atom. The highest BCUT2D eigenvalue weighted by molar-refractivity contribution is 7.53. The van der Waals surface area contributed by atoms with E-state index in [4.69, 9.17) is 38.5 Å². The minimum absolute atomic E-state index is 0.0106. The largest absolute Gasteiger partial charge is 0.385 e. The van der Waals surface area contributed by atoms with E-state index in [0.29, 0.717) is 19.4 Å². The van der Waals surface area contributed by atoms with Crippen molar-refractivity contribution in [1.82, 2.24) is 9.55 Å². The molecule has 1 aromatic rings. The van der Waals surface area contributed by atoms with E-state index < -0.39 is 43.6 Å². The molecule has 0 amide bonds. The Morgan fingerprint density at radius 2 is 2.06 bits per heavy atom. The van der Waals surface area contributed by atoms with Gasteiger partial charge in [0.2, 0.25) is 0 Å². The van der Waals surface area contributed by atoms with E-state index in [-0.39, 0.29) is 31.6 Å². The average Bonchev–Trinajstić information content (AvgIpc) is 3.28. The summed E-state index contributed by atoms with van der Waals surface area (Å²) >= 11 is 0. The summed E-state index contributed by atoms with van der Waals surface area (Å²) in [5.74, 6) is -0.949.